The van der Waals surface area contributed by atoms with Crippen molar-refractivity contribution in [3.8, 4) is 11.4 Å². The van der Waals surface area contributed by atoms with Crippen LogP contribution in [0.3, 0.4) is 0 Å². The first-order valence-corrected chi connectivity index (χ1v) is 8.87. The number of hydrogen-bond acceptors (Lipinski definition) is 4. The third-order valence-corrected chi connectivity index (χ3v) is 4.39. The summed E-state index contributed by atoms with van der Waals surface area (Å²) in [6.45, 7) is 2.34. The molecule has 0 atom stereocenters. The number of aryl methyl sites for hydroxylation is 2. The molecule has 1 heterocycles. The van der Waals surface area contributed by atoms with Crippen LogP contribution in [0, 0.1) is 6.92 Å². The molecule has 0 radical (unpaired) electrons. The van der Waals surface area contributed by atoms with Gasteiger partial charge in [0.05, 0.1) is 0 Å². The maximum Gasteiger partial charge on any atom is 0.227 e. The van der Waals surface area contributed by atoms with Crippen LogP contribution in [-0.2, 0) is 17.8 Å². The Balaban J connectivity index is 1.52. The summed E-state index contributed by atoms with van der Waals surface area (Å²) in [6.07, 6.45) is 0.625. The summed E-state index contributed by atoms with van der Waals surface area (Å²) in [7, 11) is 0. The minimum absolute atomic E-state index is 0.119. The summed E-state index contributed by atoms with van der Waals surface area (Å²) in [5, 5.41) is 7.88. The van der Waals surface area contributed by atoms with Gasteiger partial charge in [0.2, 0.25) is 17.6 Å². The minimum atomic E-state index is -0.119. The first-order chi connectivity index (χ1) is 12.5. The molecule has 1 aromatic heterocycles. The van der Waals surface area contributed by atoms with E-state index in [1.807, 2.05) is 31.2 Å². The van der Waals surface area contributed by atoms with Gasteiger partial charge < -0.3 is 9.84 Å². The molecule has 2 aromatic carbocycles. The van der Waals surface area contributed by atoms with E-state index in [0.29, 0.717) is 34.7 Å². The number of nitrogens with zero attached hydrogens (tertiary/aromatic N) is 2. The van der Waals surface area contributed by atoms with Crippen molar-refractivity contribution in [1.29, 1.82) is 0 Å². The molecule has 5 nitrogen and oxygen atoms in total. The van der Waals surface area contributed by atoms with E-state index >= 15 is 0 Å². The number of carbonyl (C=O) groups is 1. The van der Waals surface area contributed by atoms with Gasteiger partial charge in [-0.25, -0.2) is 0 Å². The lowest BCUT2D eigenvalue weighted by atomic mass is 10.1. The van der Waals surface area contributed by atoms with E-state index in [2.05, 4.69) is 15.5 Å². The molecule has 0 saturated heterocycles. The number of amides is 1. The average Bonchev–Trinajstić information content (AvgIpc) is 3.08. The summed E-state index contributed by atoms with van der Waals surface area (Å²) < 4.78 is 5.23. The molecular weight excluding hydrogens is 373 g/mol. The zero-order chi connectivity index (χ0) is 18.5. The number of carbonyl (C=O) groups excluding carboxylic acids is 1. The van der Waals surface area contributed by atoms with Gasteiger partial charge in [0.15, 0.2) is 0 Å². The number of nitrogens with one attached hydrogen (secondary N) is 1. The van der Waals surface area contributed by atoms with Crippen molar-refractivity contribution in [1.82, 2.24) is 15.5 Å². The van der Waals surface area contributed by atoms with Crippen molar-refractivity contribution >= 4 is 29.1 Å². The van der Waals surface area contributed by atoms with Crippen LogP contribution in [0.15, 0.2) is 47.0 Å². The van der Waals surface area contributed by atoms with Crippen molar-refractivity contribution < 1.29 is 9.32 Å². The third kappa shape index (κ3) is 4.84. The molecule has 1 amide bonds. The van der Waals surface area contributed by atoms with Crippen molar-refractivity contribution in [2.75, 3.05) is 0 Å². The Hall–Kier alpha value is -2.37. The fourth-order valence-electron chi connectivity index (χ4n) is 2.43. The van der Waals surface area contributed by atoms with E-state index in [4.69, 9.17) is 27.7 Å². The molecule has 7 heteroatoms. The van der Waals surface area contributed by atoms with E-state index in [1.165, 1.54) is 0 Å². The van der Waals surface area contributed by atoms with Crippen LogP contribution in [0.2, 0.25) is 10.0 Å². The number of benzene rings is 2. The highest BCUT2D eigenvalue weighted by molar-refractivity contribution is 6.35. The summed E-state index contributed by atoms with van der Waals surface area (Å²) in [5.41, 5.74) is 2.82. The molecular formula is C19H17Cl2N3O2. The van der Waals surface area contributed by atoms with E-state index in [-0.39, 0.29) is 12.3 Å². The van der Waals surface area contributed by atoms with E-state index in [0.717, 1.165) is 16.7 Å². The Morgan fingerprint density at radius 1 is 1.19 bits per heavy atom. The first kappa shape index (κ1) is 18.4. The number of aromatic nitrogens is 2. The van der Waals surface area contributed by atoms with Crippen LogP contribution in [0.1, 0.15) is 23.4 Å². The minimum Gasteiger partial charge on any atom is -0.352 e. The second-order valence-electron chi connectivity index (χ2n) is 5.89. The van der Waals surface area contributed by atoms with Crippen LogP contribution in [-0.4, -0.2) is 16.0 Å². The average molecular weight is 390 g/mol. The Morgan fingerprint density at radius 3 is 2.81 bits per heavy atom. The number of hydrogen-bond donors (Lipinski definition) is 1. The Morgan fingerprint density at radius 2 is 2.04 bits per heavy atom. The lowest BCUT2D eigenvalue weighted by molar-refractivity contribution is -0.121. The zero-order valence-electron chi connectivity index (χ0n) is 14.1. The van der Waals surface area contributed by atoms with Gasteiger partial charge in [-0.15, -0.1) is 0 Å². The second kappa shape index (κ2) is 8.34. The molecule has 0 fully saturated rings. The molecule has 0 aliphatic carbocycles. The SMILES string of the molecule is Cc1cccc(-c2noc(CCC(=O)NCc3ccc(Cl)cc3Cl)n2)c1. The summed E-state index contributed by atoms with van der Waals surface area (Å²) in [5.74, 6) is 0.838. The van der Waals surface area contributed by atoms with Crippen LogP contribution < -0.4 is 5.32 Å². The van der Waals surface area contributed by atoms with E-state index in [9.17, 15) is 4.79 Å². The molecule has 3 aromatic rings. The predicted molar refractivity (Wildman–Crippen MR) is 101 cm³/mol. The van der Waals surface area contributed by atoms with Gasteiger partial charge >= 0.3 is 0 Å². The Kier molecular flexibility index (Phi) is 5.91. The highest BCUT2D eigenvalue weighted by atomic mass is 35.5. The van der Waals surface area contributed by atoms with Crippen molar-refractivity contribution in [3.05, 3.63) is 69.5 Å². The third-order valence-electron chi connectivity index (χ3n) is 3.80. The van der Waals surface area contributed by atoms with Crippen molar-refractivity contribution in [3.63, 3.8) is 0 Å². The first-order valence-electron chi connectivity index (χ1n) is 8.11. The van der Waals surface area contributed by atoms with E-state index in [1.54, 1.807) is 18.2 Å². The van der Waals surface area contributed by atoms with Crippen molar-refractivity contribution in [2.24, 2.45) is 0 Å². The smallest absolute Gasteiger partial charge is 0.227 e. The van der Waals surface area contributed by atoms with E-state index < -0.39 is 0 Å². The Bertz CT molecular complexity index is 925. The van der Waals surface area contributed by atoms with Crippen LogP contribution >= 0.6 is 23.2 Å². The van der Waals surface area contributed by atoms with Gasteiger partial charge in [-0.1, -0.05) is 58.2 Å². The predicted octanol–water partition coefficient (Wildman–Crippen LogP) is 4.60. The highest BCUT2D eigenvalue weighted by Gasteiger charge is 2.11. The lowest BCUT2D eigenvalue weighted by Crippen LogP contribution is -2.23. The summed E-state index contributed by atoms with van der Waals surface area (Å²) in [6, 6.07) is 13.0. The van der Waals surface area contributed by atoms with Gasteiger partial charge in [0.1, 0.15) is 0 Å². The standard InChI is InChI=1S/C19H17Cl2N3O2/c1-12-3-2-4-13(9-12)19-23-18(26-24-19)8-7-17(25)22-11-14-5-6-15(20)10-16(14)21/h2-6,9-10H,7-8,11H2,1H3,(H,22,25). The van der Waals surface area contributed by atoms with Crippen LogP contribution in [0.5, 0.6) is 0 Å². The molecule has 0 aliphatic heterocycles. The van der Waals surface area contributed by atoms with Gasteiger partial charge in [-0.05, 0) is 30.7 Å². The van der Waals surface area contributed by atoms with Gasteiger partial charge in [0.25, 0.3) is 0 Å². The zero-order valence-corrected chi connectivity index (χ0v) is 15.6. The molecule has 0 bridgehead atoms. The molecule has 26 heavy (non-hydrogen) atoms. The van der Waals surface area contributed by atoms with Crippen LogP contribution in [0.4, 0.5) is 0 Å². The molecule has 3 rings (SSSR count). The fraction of sp³-hybridized carbons (Fsp3) is 0.211. The fourth-order valence-corrected chi connectivity index (χ4v) is 2.90. The number of rotatable bonds is 6. The second-order valence-corrected chi connectivity index (χ2v) is 6.74. The molecule has 1 N–H and O–H groups in total. The van der Waals surface area contributed by atoms with Gasteiger partial charge in [-0.3, -0.25) is 4.79 Å². The molecule has 0 aliphatic rings. The summed E-state index contributed by atoms with van der Waals surface area (Å²) >= 11 is 11.9. The normalized spacial score (nSPS) is 10.7. The quantitative estimate of drug-likeness (QED) is 0.668. The molecule has 0 saturated carbocycles. The van der Waals surface area contributed by atoms with Gasteiger partial charge in [0, 0.05) is 35.0 Å². The largest absolute Gasteiger partial charge is 0.352 e. The topological polar surface area (TPSA) is 68.0 Å². The number of halogens is 2. The summed E-state index contributed by atoms with van der Waals surface area (Å²) in [4.78, 5) is 16.4. The molecule has 0 unspecified atom stereocenters. The van der Waals surface area contributed by atoms with Crippen LogP contribution in [0.25, 0.3) is 11.4 Å². The molecule has 134 valence electrons. The maximum absolute atomic E-state index is 12.0. The highest BCUT2D eigenvalue weighted by Crippen LogP contribution is 2.21. The van der Waals surface area contributed by atoms with Gasteiger partial charge in [-0.2, -0.15) is 4.98 Å². The van der Waals surface area contributed by atoms with Crippen molar-refractivity contribution in [2.45, 2.75) is 26.3 Å². The molecule has 0 spiro atoms. The Labute approximate surface area is 161 Å². The maximum atomic E-state index is 12.0. The monoisotopic (exact) mass is 389 g/mol. The lowest BCUT2D eigenvalue weighted by Gasteiger charge is -2.06.